The second-order valence-electron chi connectivity index (χ2n) is 4.48. The Morgan fingerprint density at radius 1 is 1.23 bits per heavy atom. The number of anilines is 1. The molecule has 22 heavy (non-hydrogen) atoms. The summed E-state index contributed by atoms with van der Waals surface area (Å²) in [5, 5.41) is 3.94. The van der Waals surface area contributed by atoms with Crippen LogP contribution in [0.3, 0.4) is 0 Å². The molecule has 0 radical (unpaired) electrons. The average molecular weight is 383 g/mol. The van der Waals surface area contributed by atoms with Gasteiger partial charge in [0.2, 0.25) is 0 Å². The Hall–Kier alpha value is -1.85. The maximum absolute atomic E-state index is 12.4. The number of amides is 1. The molecule has 0 spiro atoms. The number of rotatable bonds is 4. The third-order valence-corrected chi connectivity index (χ3v) is 3.68. The molecule has 0 saturated carbocycles. The highest BCUT2D eigenvalue weighted by Crippen LogP contribution is 2.25. The lowest BCUT2D eigenvalue weighted by atomic mass is 10.1. The zero-order valence-electron chi connectivity index (χ0n) is 11.7. The van der Waals surface area contributed by atoms with Gasteiger partial charge in [-0.25, -0.2) is 0 Å². The summed E-state index contributed by atoms with van der Waals surface area (Å²) in [6.45, 7) is 1.29. The van der Waals surface area contributed by atoms with Gasteiger partial charge in [0.15, 0.2) is 0 Å². The maximum atomic E-state index is 12.4. The van der Waals surface area contributed by atoms with Gasteiger partial charge in [-0.05, 0) is 35.9 Å². The van der Waals surface area contributed by atoms with E-state index in [1.54, 1.807) is 42.5 Å². The van der Waals surface area contributed by atoms with Gasteiger partial charge in [0, 0.05) is 23.0 Å². The Balaban J connectivity index is 2.28. The molecule has 2 rings (SSSR count). The number of ether oxygens (including phenoxy) is 1. The van der Waals surface area contributed by atoms with Gasteiger partial charge in [-0.15, -0.1) is 0 Å². The number of halogens is 2. The molecule has 0 aliphatic carbocycles. The van der Waals surface area contributed by atoms with E-state index in [1.807, 2.05) is 0 Å². The van der Waals surface area contributed by atoms with Crippen molar-refractivity contribution >= 4 is 45.1 Å². The third kappa shape index (κ3) is 4.08. The predicted molar refractivity (Wildman–Crippen MR) is 89.8 cm³/mol. The Morgan fingerprint density at radius 3 is 2.64 bits per heavy atom. The van der Waals surface area contributed by atoms with Gasteiger partial charge in [-0.3, -0.25) is 9.59 Å². The molecule has 0 aliphatic rings. The molecule has 0 fully saturated rings. The van der Waals surface area contributed by atoms with E-state index >= 15 is 0 Å². The highest BCUT2D eigenvalue weighted by atomic mass is 79.9. The van der Waals surface area contributed by atoms with Crippen molar-refractivity contribution in [1.29, 1.82) is 0 Å². The number of carbonyl (C=O) groups excluding carboxylic acids is 2. The number of nitrogens with one attached hydrogen (secondary N) is 1. The lowest BCUT2D eigenvalue weighted by Gasteiger charge is -2.12. The van der Waals surface area contributed by atoms with Crippen molar-refractivity contribution in [3.8, 4) is 5.75 Å². The number of hydrogen-bond donors (Lipinski definition) is 1. The van der Waals surface area contributed by atoms with E-state index in [4.69, 9.17) is 16.3 Å². The van der Waals surface area contributed by atoms with Crippen molar-refractivity contribution in [2.75, 3.05) is 5.32 Å². The van der Waals surface area contributed by atoms with Gasteiger partial charge < -0.3 is 10.1 Å². The fourth-order valence-electron chi connectivity index (χ4n) is 1.88. The summed E-state index contributed by atoms with van der Waals surface area (Å²) in [5.74, 6) is -0.615. The van der Waals surface area contributed by atoms with Crippen molar-refractivity contribution in [3.05, 3.63) is 58.6 Å². The van der Waals surface area contributed by atoms with Crippen molar-refractivity contribution in [3.63, 3.8) is 0 Å². The first-order chi connectivity index (χ1) is 10.5. The molecule has 0 aliphatic heterocycles. The van der Waals surface area contributed by atoms with Crippen LogP contribution in [0.2, 0.25) is 5.02 Å². The molecule has 1 N–H and O–H groups in total. The number of alkyl halides is 1. The van der Waals surface area contributed by atoms with Gasteiger partial charge in [-0.2, -0.15) is 0 Å². The topological polar surface area (TPSA) is 55.4 Å². The van der Waals surface area contributed by atoms with Crippen molar-refractivity contribution in [1.82, 2.24) is 0 Å². The van der Waals surface area contributed by atoms with Gasteiger partial charge >= 0.3 is 5.97 Å². The van der Waals surface area contributed by atoms with Crippen LogP contribution in [0.1, 0.15) is 22.8 Å². The molecular formula is C16H13BrClNO3. The number of carbonyl (C=O) groups is 2. The van der Waals surface area contributed by atoms with E-state index in [0.29, 0.717) is 16.0 Å². The van der Waals surface area contributed by atoms with E-state index < -0.39 is 5.97 Å². The minimum Gasteiger partial charge on any atom is -0.426 e. The summed E-state index contributed by atoms with van der Waals surface area (Å²) in [5.41, 5.74) is 1.78. The molecule has 4 nitrogen and oxygen atoms in total. The Labute approximate surface area is 141 Å². The van der Waals surface area contributed by atoms with Gasteiger partial charge in [0.25, 0.3) is 5.91 Å². The van der Waals surface area contributed by atoms with E-state index in [1.165, 1.54) is 6.92 Å². The van der Waals surface area contributed by atoms with Crippen LogP contribution in [0.25, 0.3) is 0 Å². The van der Waals surface area contributed by atoms with Crippen LogP contribution in [0.5, 0.6) is 5.75 Å². The summed E-state index contributed by atoms with van der Waals surface area (Å²) < 4.78 is 5.05. The first-order valence-electron chi connectivity index (χ1n) is 6.44. The van der Waals surface area contributed by atoms with Gasteiger partial charge in [0.1, 0.15) is 5.75 Å². The van der Waals surface area contributed by atoms with Crippen LogP contribution >= 0.6 is 27.5 Å². The van der Waals surface area contributed by atoms with Crippen LogP contribution in [0.15, 0.2) is 42.5 Å². The normalized spacial score (nSPS) is 10.1. The fourth-order valence-corrected chi connectivity index (χ4v) is 2.54. The summed E-state index contributed by atoms with van der Waals surface area (Å²) in [4.78, 5) is 23.5. The molecule has 0 aromatic heterocycles. The zero-order chi connectivity index (χ0) is 16.1. The zero-order valence-corrected chi connectivity index (χ0v) is 14.1. The molecule has 0 unspecified atom stereocenters. The number of esters is 1. The highest BCUT2D eigenvalue weighted by molar-refractivity contribution is 9.08. The smallest absolute Gasteiger partial charge is 0.308 e. The lowest BCUT2D eigenvalue weighted by molar-refractivity contribution is -0.131. The van der Waals surface area contributed by atoms with Crippen LogP contribution in [0, 0.1) is 0 Å². The Bertz CT molecular complexity index is 718. The molecule has 6 heteroatoms. The van der Waals surface area contributed by atoms with Crippen molar-refractivity contribution in [2.45, 2.75) is 12.3 Å². The first-order valence-corrected chi connectivity index (χ1v) is 7.94. The quantitative estimate of drug-likeness (QED) is 0.484. The molecule has 0 bridgehead atoms. The Kier molecular flexibility index (Phi) is 5.57. The standard InChI is InChI=1S/C16H13BrClNO3/c1-10(20)22-15-5-3-2-4-13(15)16(21)19-14-7-6-12(18)8-11(14)9-17/h2-8H,9H2,1H3,(H,19,21). The summed E-state index contributed by atoms with van der Waals surface area (Å²) in [7, 11) is 0. The minimum atomic E-state index is -0.479. The number of benzene rings is 2. The largest absolute Gasteiger partial charge is 0.426 e. The average Bonchev–Trinajstić information content (AvgIpc) is 2.48. The second kappa shape index (κ2) is 7.42. The van der Waals surface area contributed by atoms with Gasteiger partial charge in [0.05, 0.1) is 5.56 Å². The molecule has 2 aromatic carbocycles. The van der Waals surface area contributed by atoms with Crippen LogP contribution in [-0.2, 0) is 10.1 Å². The van der Waals surface area contributed by atoms with E-state index in [9.17, 15) is 9.59 Å². The third-order valence-electron chi connectivity index (χ3n) is 2.84. The van der Waals surface area contributed by atoms with Crippen LogP contribution in [0.4, 0.5) is 5.69 Å². The molecule has 0 heterocycles. The molecule has 0 atom stereocenters. The molecule has 0 saturated heterocycles. The maximum Gasteiger partial charge on any atom is 0.308 e. The van der Waals surface area contributed by atoms with Crippen LogP contribution < -0.4 is 10.1 Å². The molecule has 2 aromatic rings. The monoisotopic (exact) mass is 381 g/mol. The first kappa shape index (κ1) is 16.5. The minimum absolute atomic E-state index is 0.224. The lowest BCUT2D eigenvalue weighted by Crippen LogP contribution is -2.15. The molecule has 114 valence electrons. The SMILES string of the molecule is CC(=O)Oc1ccccc1C(=O)Nc1ccc(Cl)cc1CBr. The summed E-state index contributed by atoms with van der Waals surface area (Å²) >= 11 is 9.30. The number of para-hydroxylation sites is 1. The number of hydrogen-bond acceptors (Lipinski definition) is 3. The van der Waals surface area contributed by atoms with E-state index in [-0.39, 0.29) is 17.2 Å². The van der Waals surface area contributed by atoms with Crippen molar-refractivity contribution in [2.24, 2.45) is 0 Å². The van der Waals surface area contributed by atoms with Crippen molar-refractivity contribution < 1.29 is 14.3 Å². The second-order valence-corrected chi connectivity index (χ2v) is 5.48. The summed E-state index contributed by atoms with van der Waals surface area (Å²) in [6.07, 6.45) is 0. The van der Waals surface area contributed by atoms with E-state index in [2.05, 4.69) is 21.2 Å². The Morgan fingerprint density at radius 2 is 1.95 bits per heavy atom. The van der Waals surface area contributed by atoms with Gasteiger partial charge in [-0.1, -0.05) is 39.7 Å². The predicted octanol–water partition coefficient (Wildman–Crippen LogP) is 4.41. The molecule has 1 amide bonds. The highest BCUT2D eigenvalue weighted by Gasteiger charge is 2.15. The van der Waals surface area contributed by atoms with E-state index in [0.717, 1.165) is 5.56 Å². The van der Waals surface area contributed by atoms with Crippen LogP contribution in [-0.4, -0.2) is 11.9 Å². The summed E-state index contributed by atoms with van der Waals surface area (Å²) in [6, 6.07) is 11.8. The fraction of sp³-hybridized carbons (Fsp3) is 0.125. The molecular weight excluding hydrogens is 370 g/mol.